The topological polar surface area (TPSA) is 98.7 Å². The highest BCUT2D eigenvalue weighted by atomic mass is 32.3. The van der Waals surface area contributed by atoms with Crippen LogP contribution < -0.4 is 9.80 Å². The number of hydrogen-bond donors (Lipinski definition) is 2. The second kappa shape index (κ2) is 15.0. The summed E-state index contributed by atoms with van der Waals surface area (Å²) in [5.41, 5.74) is 4.55. The van der Waals surface area contributed by atoms with Crippen LogP contribution in [0.5, 0.6) is 5.75 Å². The van der Waals surface area contributed by atoms with Crippen LogP contribution in [0.2, 0.25) is 0 Å². The molecule has 2 aromatic rings. The fourth-order valence-electron chi connectivity index (χ4n) is 4.05. The van der Waals surface area contributed by atoms with E-state index in [1.807, 2.05) is 19.1 Å². The molecule has 8 heteroatoms. The molecule has 7 nitrogen and oxygen atoms in total. The first-order chi connectivity index (χ1) is 16.1. The molecule has 34 heavy (non-hydrogen) atoms. The maximum absolute atomic E-state index is 9.83. The number of anilines is 1. The molecule has 0 bridgehead atoms. The normalized spacial score (nSPS) is 11.6. The summed E-state index contributed by atoms with van der Waals surface area (Å²) >= 11 is 0. The zero-order valence-electron chi connectivity index (χ0n) is 21.3. The lowest BCUT2D eigenvalue weighted by Crippen LogP contribution is -2.51. The van der Waals surface area contributed by atoms with Gasteiger partial charge in [-0.05, 0) is 61.9 Å². The molecule has 0 heterocycles. The Balaban J connectivity index is 0.000000620. The fraction of sp³-hybridized carbons (Fsp3) is 0.538. The molecule has 0 aliphatic heterocycles. The van der Waals surface area contributed by atoms with Gasteiger partial charge in [-0.2, -0.15) is 0 Å². The summed E-state index contributed by atoms with van der Waals surface area (Å²) in [6.07, 6.45) is 4.15. The van der Waals surface area contributed by atoms with E-state index in [1.54, 1.807) is 13.0 Å². The Labute approximate surface area is 206 Å². The smallest absolute Gasteiger partial charge is 0.217 e. The summed E-state index contributed by atoms with van der Waals surface area (Å²) in [6, 6.07) is 14.8. The van der Waals surface area contributed by atoms with Gasteiger partial charge in [-0.3, -0.25) is 8.67 Å². The van der Waals surface area contributed by atoms with E-state index in [2.05, 4.69) is 54.5 Å². The standard InChI is InChI=1S/C23H34N2O.C3H8O4S/c1-5-14-25(15-6-2,16-7-3)22-12-9-20(10-13-22)18-24-21-11-8-19(4)23(26)17-21;1-2-3-7-8(4,5)6/h8-13,17,24H,5-7,14-16,18H2,1-4H3;2-3H2,1H3,(H,4,5,6). The predicted molar refractivity (Wildman–Crippen MR) is 140 cm³/mol. The van der Waals surface area contributed by atoms with Gasteiger partial charge < -0.3 is 15.0 Å². The Morgan fingerprint density at radius 3 is 1.88 bits per heavy atom. The van der Waals surface area contributed by atoms with Crippen LogP contribution in [0.4, 0.5) is 11.4 Å². The van der Waals surface area contributed by atoms with E-state index in [0.29, 0.717) is 12.2 Å². The number of quaternary nitrogens is 1. The van der Waals surface area contributed by atoms with Crippen molar-refractivity contribution in [2.45, 2.75) is 66.8 Å². The van der Waals surface area contributed by atoms with Gasteiger partial charge in [-0.15, -0.1) is 0 Å². The molecule has 0 radical (unpaired) electrons. The van der Waals surface area contributed by atoms with Gasteiger partial charge in [-0.1, -0.05) is 45.9 Å². The Kier molecular flexibility index (Phi) is 13.2. The molecular formula is C26H42N2O5S. The maximum atomic E-state index is 9.83. The SMILES string of the molecule is CCCOS(=O)(=O)[O-].CCC[N+](CCC)(CCC)c1ccc(CNc2ccc(C)c(O)c2)cc1. The molecule has 2 N–H and O–H groups in total. The largest absolute Gasteiger partial charge is 0.726 e. The molecule has 2 aromatic carbocycles. The summed E-state index contributed by atoms with van der Waals surface area (Å²) < 4.78 is 33.7. The number of phenols is 1. The van der Waals surface area contributed by atoms with Crippen molar-refractivity contribution in [3.8, 4) is 5.75 Å². The molecule has 0 fully saturated rings. The van der Waals surface area contributed by atoms with Crippen LogP contribution in [0.3, 0.4) is 0 Å². The number of nitrogens with zero attached hydrogens (tertiary/aromatic N) is 1. The monoisotopic (exact) mass is 494 g/mol. The van der Waals surface area contributed by atoms with E-state index < -0.39 is 10.4 Å². The Morgan fingerprint density at radius 1 is 0.912 bits per heavy atom. The van der Waals surface area contributed by atoms with E-state index in [0.717, 1.165) is 22.3 Å². The van der Waals surface area contributed by atoms with E-state index in [4.69, 9.17) is 0 Å². The summed E-state index contributed by atoms with van der Waals surface area (Å²) in [7, 11) is -4.44. The third-order valence-electron chi connectivity index (χ3n) is 5.58. The van der Waals surface area contributed by atoms with Crippen LogP contribution in [0.1, 0.15) is 64.5 Å². The number of aryl methyl sites for hydroxylation is 1. The van der Waals surface area contributed by atoms with E-state index in [9.17, 15) is 18.1 Å². The van der Waals surface area contributed by atoms with Gasteiger partial charge in [0, 0.05) is 18.3 Å². The van der Waals surface area contributed by atoms with Gasteiger partial charge in [0.1, 0.15) is 11.4 Å². The zero-order chi connectivity index (χ0) is 25.6. The number of rotatable bonds is 13. The highest BCUT2D eigenvalue weighted by molar-refractivity contribution is 7.80. The Hall–Kier alpha value is -2.13. The molecule has 0 amide bonds. The second-order valence-corrected chi connectivity index (χ2v) is 9.62. The number of benzene rings is 2. The molecule has 0 saturated heterocycles. The third kappa shape index (κ3) is 10.4. The molecule has 0 aromatic heterocycles. The first-order valence-corrected chi connectivity index (χ1v) is 13.5. The van der Waals surface area contributed by atoms with Crippen LogP contribution in [-0.2, 0) is 21.1 Å². The van der Waals surface area contributed by atoms with Gasteiger partial charge in [0.05, 0.1) is 26.2 Å². The fourth-order valence-corrected chi connectivity index (χ4v) is 4.42. The zero-order valence-corrected chi connectivity index (χ0v) is 22.2. The molecule has 0 aliphatic carbocycles. The van der Waals surface area contributed by atoms with E-state index >= 15 is 0 Å². The molecule has 0 aliphatic rings. The number of nitrogens with one attached hydrogen (secondary N) is 1. The number of hydrogen-bond acceptors (Lipinski definition) is 6. The molecule has 0 spiro atoms. The van der Waals surface area contributed by atoms with Crippen molar-refractivity contribution in [1.29, 1.82) is 0 Å². The Morgan fingerprint density at radius 2 is 1.47 bits per heavy atom. The van der Waals surface area contributed by atoms with Crippen molar-refractivity contribution in [3.63, 3.8) is 0 Å². The van der Waals surface area contributed by atoms with Crippen molar-refractivity contribution in [3.05, 3.63) is 53.6 Å². The average Bonchev–Trinajstić information content (AvgIpc) is 2.79. The quantitative estimate of drug-likeness (QED) is 0.210. The second-order valence-electron chi connectivity index (χ2n) is 8.57. The highest BCUT2D eigenvalue weighted by Crippen LogP contribution is 2.26. The van der Waals surface area contributed by atoms with E-state index in [1.165, 1.54) is 50.1 Å². The minimum Gasteiger partial charge on any atom is -0.726 e. The van der Waals surface area contributed by atoms with Gasteiger partial charge in [0.25, 0.3) is 0 Å². The van der Waals surface area contributed by atoms with Gasteiger partial charge in [0.15, 0.2) is 0 Å². The minimum absolute atomic E-state index is 0.0220. The predicted octanol–water partition coefficient (Wildman–Crippen LogP) is 5.72. The number of phenolic OH excluding ortho intramolecular Hbond substituents is 1. The third-order valence-corrected chi connectivity index (χ3v) is 6.03. The van der Waals surface area contributed by atoms with E-state index in [-0.39, 0.29) is 6.61 Å². The van der Waals surface area contributed by atoms with Crippen molar-refractivity contribution < 1.29 is 22.3 Å². The van der Waals surface area contributed by atoms with Gasteiger partial charge in [-0.25, -0.2) is 8.42 Å². The lowest BCUT2D eigenvalue weighted by atomic mass is 10.1. The van der Waals surface area contributed by atoms with Crippen molar-refractivity contribution in [1.82, 2.24) is 4.48 Å². The molecule has 0 saturated carbocycles. The first kappa shape index (κ1) is 29.9. The van der Waals surface area contributed by atoms with Crippen LogP contribution >= 0.6 is 0 Å². The van der Waals surface area contributed by atoms with Crippen molar-refractivity contribution in [2.75, 3.05) is 31.6 Å². The molecular weight excluding hydrogens is 452 g/mol. The molecule has 192 valence electrons. The molecule has 0 atom stereocenters. The summed E-state index contributed by atoms with van der Waals surface area (Å²) in [6.45, 7) is 14.8. The Bertz CT molecular complexity index is 929. The molecule has 0 unspecified atom stereocenters. The van der Waals surface area contributed by atoms with Crippen LogP contribution in [-0.4, -0.2) is 44.3 Å². The summed E-state index contributed by atoms with van der Waals surface area (Å²) in [4.78, 5) is 0. The lowest BCUT2D eigenvalue weighted by Gasteiger charge is -2.38. The van der Waals surface area contributed by atoms with Gasteiger partial charge in [0.2, 0.25) is 10.4 Å². The summed E-state index contributed by atoms with van der Waals surface area (Å²) in [5.74, 6) is 0.339. The lowest BCUT2D eigenvalue weighted by molar-refractivity contribution is 0.262. The van der Waals surface area contributed by atoms with Crippen molar-refractivity contribution in [2.24, 2.45) is 0 Å². The van der Waals surface area contributed by atoms with Crippen LogP contribution in [0.15, 0.2) is 42.5 Å². The van der Waals surface area contributed by atoms with Gasteiger partial charge >= 0.3 is 0 Å². The number of aromatic hydroxyl groups is 1. The highest BCUT2D eigenvalue weighted by Gasteiger charge is 2.27. The van der Waals surface area contributed by atoms with Crippen molar-refractivity contribution >= 4 is 21.8 Å². The maximum Gasteiger partial charge on any atom is 0.217 e. The minimum atomic E-state index is -4.44. The summed E-state index contributed by atoms with van der Waals surface area (Å²) in [5, 5.41) is 13.2. The molecule has 2 rings (SSSR count). The van der Waals surface area contributed by atoms with Crippen LogP contribution in [0, 0.1) is 6.92 Å². The first-order valence-electron chi connectivity index (χ1n) is 12.2. The van der Waals surface area contributed by atoms with Crippen LogP contribution in [0.25, 0.3) is 0 Å². The average molecular weight is 495 g/mol.